The molecule has 0 saturated carbocycles. The highest BCUT2D eigenvalue weighted by Crippen LogP contribution is 1.99. The van der Waals surface area contributed by atoms with E-state index in [0.717, 1.165) is 5.56 Å². The lowest BCUT2D eigenvalue weighted by molar-refractivity contribution is 0.750. The van der Waals surface area contributed by atoms with E-state index in [2.05, 4.69) is 10.5 Å². The number of rotatable bonds is 4. The second-order valence-corrected chi connectivity index (χ2v) is 2.99. The lowest BCUT2D eigenvalue weighted by Crippen LogP contribution is -2.06. The zero-order chi connectivity index (χ0) is 10.2. The van der Waals surface area contributed by atoms with Crippen molar-refractivity contribution < 1.29 is 0 Å². The summed E-state index contributed by atoms with van der Waals surface area (Å²) in [6, 6.07) is 10.1. The molecule has 3 nitrogen and oxygen atoms in total. The van der Waals surface area contributed by atoms with E-state index in [0.29, 0.717) is 13.0 Å². The van der Waals surface area contributed by atoms with Crippen LogP contribution in [-0.4, -0.2) is 12.8 Å². The third-order valence-electron chi connectivity index (χ3n) is 1.73. The summed E-state index contributed by atoms with van der Waals surface area (Å²) in [6.07, 6.45) is 2.22. The average molecular weight is 187 g/mol. The normalized spacial score (nSPS) is 10.0. The van der Waals surface area contributed by atoms with Gasteiger partial charge in [0.15, 0.2) is 0 Å². The highest BCUT2D eigenvalue weighted by molar-refractivity contribution is 5.79. The summed E-state index contributed by atoms with van der Waals surface area (Å²) in [4.78, 5) is 0. The summed E-state index contributed by atoms with van der Waals surface area (Å²) < 4.78 is 0. The maximum Gasteiger partial charge on any atom is 0.0640 e. The first-order chi connectivity index (χ1) is 6.83. The molecule has 0 unspecified atom stereocenters. The van der Waals surface area contributed by atoms with Gasteiger partial charge in [-0.05, 0) is 12.5 Å². The molecule has 1 rings (SSSR count). The van der Waals surface area contributed by atoms with Gasteiger partial charge in [0.1, 0.15) is 0 Å². The fourth-order valence-corrected chi connectivity index (χ4v) is 0.949. The second-order valence-electron chi connectivity index (χ2n) is 2.99. The van der Waals surface area contributed by atoms with Crippen LogP contribution in [0.3, 0.4) is 0 Å². The molecule has 0 aliphatic rings. The lowest BCUT2D eigenvalue weighted by Gasteiger charge is -1.95. The van der Waals surface area contributed by atoms with Gasteiger partial charge in [-0.15, -0.1) is 0 Å². The molecule has 0 saturated heterocycles. The number of benzene rings is 1. The van der Waals surface area contributed by atoms with Crippen molar-refractivity contribution in [3.05, 3.63) is 35.4 Å². The standard InChI is InChI=1S/C11H13N3/c1-10-3-5-11(6-4-10)9-14-13-8-2-7-12/h3-6,9,13H,2,8H2,1H3. The van der Waals surface area contributed by atoms with Crippen molar-refractivity contribution in [2.45, 2.75) is 13.3 Å². The number of hydrazone groups is 1. The number of hydrogen-bond acceptors (Lipinski definition) is 3. The van der Waals surface area contributed by atoms with Gasteiger partial charge in [0.05, 0.1) is 18.7 Å². The largest absolute Gasteiger partial charge is 0.309 e. The van der Waals surface area contributed by atoms with Crippen LogP contribution in [0.1, 0.15) is 17.5 Å². The van der Waals surface area contributed by atoms with Crippen LogP contribution in [0, 0.1) is 18.3 Å². The van der Waals surface area contributed by atoms with Crippen LogP contribution in [0.25, 0.3) is 0 Å². The van der Waals surface area contributed by atoms with Crippen LogP contribution in [0.15, 0.2) is 29.4 Å². The van der Waals surface area contributed by atoms with Crippen molar-refractivity contribution in [2.75, 3.05) is 6.54 Å². The Morgan fingerprint density at radius 1 is 1.43 bits per heavy atom. The Balaban J connectivity index is 2.37. The lowest BCUT2D eigenvalue weighted by atomic mass is 10.2. The Hall–Kier alpha value is -1.82. The maximum absolute atomic E-state index is 8.27. The minimum absolute atomic E-state index is 0.477. The summed E-state index contributed by atoms with van der Waals surface area (Å²) in [5, 5.41) is 12.3. The second kappa shape index (κ2) is 5.76. The summed E-state index contributed by atoms with van der Waals surface area (Å²) in [7, 11) is 0. The van der Waals surface area contributed by atoms with E-state index in [-0.39, 0.29) is 0 Å². The predicted molar refractivity (Wildman–Crippen MR) is 57.0 cm³/mol. The number of aryl methyl sites for hydroxylation is 1. The van der Waals surface area contributed by atoms with Gasteiger partial charge in [-0.1, -0.05) is 29.8 Å². The first kappa shape index (κ1) is 10.3. The zero-order valence-electron chi connectivity index (χ0n) is 8.20. The van der Waals surface area contributed by atoms with Crippen molar-refractivity contribution in [3.63, 3.8) is 0 Å². The fraction of sp³-hybridized carbons (Fsp3) is 0.273. The third kappa shape index (κ3) is 3.72. The molecule has 14 heavy (non-hydrogen) atoms. The molecule has 0 amide bonds. The molecule has 0 bridgehead atoms. The van der Waals surface area contributed by atoms with E-state index in [1.54, 1.807) is 6.21 Å². The highest BCUT2D eigenvalue weighted by atomic mass is 15.3. The Labute approximate surface area is 84.1 Å². The van der Waals surface area contributed by atoms with Gasteiger partial charge < -0.3 is 5.43 Å². The molecule has 0 aliphatic heterocycles. The zero-order valence-corrected chi connectivity index (χ0v) is 8.20. The summed E-state index contributed by atoms with van der Waals surface area (Å²) in [5.74, 6) is 0. The molecule has 0 radical (unpaired) electrons. The monoisotopic (exact) mass is 187 g/mol. The molecular weight excluding hydrogens is 174 g/mol. The van der Waals surface area contributed by atoms with E-state index >= 15 is 0 Å². The van der Waals surface area contributed by atoms with Gasteiger partial charge in [0, 0.05) is 6.54 Å². The van der Waals surface area contributed by atoms with Crippen LogP contribution in [0.2, 0.25) is 0 Å². The summed E-state index contributed by atoms with van der Waals surface area (Å²) in [6.45, 7) is 2.64. The molecule has 72 valence electrons. The van der Waals surface area contributed by atoms with E-state index < -0.39 is 0 Å². The Morgan fingerprint density at radius 3 is 2.79 bits per heavy atom. The molecule has 0 heterocycles. The van der Waals surface area contributed by atoms with Gasteiger partial charge in [-0.25, -0.2) is 0 Å². The molecule has 1 aromatic carbocycles. The van der Waals surface area contributed by atoms with Crippen LogP contribution < -0.4 is 5.43 Å². The molecule has 0 aromatic heterocycles. The molecule has 0 aliphatic carbocycles. The minimum atomic E-state index is 0.477. The SMILES string of the molecule is Cc1ccc(C=NNCCC#N)cc1. The summed E-state index contributed by atoms with van der Waals surface area (Å²) >= 11 is 0. The van der Waals surface area contributed by atoms with Crippen LogP contribution >= 0.6 is 0 Å². The first-order valence-electron chi connectivity index (χ1n) is 4.52. The highest BCUT2D eigenvalue weighted by Gasteiger charge is 1.86. The minimum Gasteiger partial charge on any atom is -0.309 e. The van der Waals surface area contributed by atoms with Crippen LogP contribution in [0.4, 0.5) is 0 Å². The predicted octanol–water partition coefficient (Wildman–Crippen LogP) is 1.83. The van der Waals surface area contributed by atoms with Gasteiger partial charge >= 0.3 is 0 Å². The van der Waals surface area contributed by atoms with E-state index in [1.165, 1.54) is 5.56 Å². The average Bonchev–Trinajstić information content (AvgIpc) is 2.21. The van der Waals surface area contributed by atoms with Crippen LogP contribution in [0.5, 0.6) is 0 Å². The molecular formula is C11H13N3. The quantitative estimate of drug-likeness (QED) is 0.444. The van der Waals surface area contributed by atoms with Crippen molar-refractivity contribution in [3.8, 4) is 6.07 Å². The molecule has 3 heteroatoms. The van der Waals surface area contributed by atoms with Crippen molar-refractivity contribution in [1.29, 1.82) is 5.26 Å². The van der Waals surface area contributed by atoms with Crippen molar-refractivity contribution in [1.82, 2.24) is 5.43 Å². The maximum atomic E-state index is 8.27. The Kier molecular flexibility index (Phi) is 4.22. The van der Waals surface area contributed by atoms with Gasteiger partial charge in [-0.2, -0.15) is 10.4 Å². The first-order valence-corrected chi connectivity index (χ1v) is 4.52. The molecule has 1 N–H and O–H groups in total. The Morgan fingerprint density at radius 2 is 2.14 bits per heavy atom. The third-order valence-corrected chi connectivity index (χ3v) is 1.73. The number of hydrogen-bond donors (Lipinski definition) is 1. The van der Waals surface area contributed by atoms with E-state index in [4.69, 9.17) is 5.26 Å². The molecule has 1 aromatic rings. The number of nitrogens with zero attached hydrogens (tertiary/aromatic N) is 2. The van der Waals surface area contributed by atoms with Gasteiger partial charge in [0.25, 0.3) is 0 Å². The van der Waals surface area contributed by atoms with Gasteiger partial charge in [0.2, 0.25) is 0 Å². The fourth-order valence-electron chi connectivity index (χ4n) is 0.949. The smallest absolute Gasteiger partial charge is 0.0640 e. The molecule has 0 atom stereocenters. The van der Waals surface area contributed by atoms with Crippen LogP contribution in [-0.2, 0) is 0 Å². The molecule has 0 spiro atoms. The van der Waals surface area contributed by atoms with Crippen molar-refractivity contribution >= 4 is 6.21 Å². The van der Waals surface area contributed by atoms with E-state index in [9.17, 15) is 0 Å². The topological polar surface area (TPSA) is 48.2 Å². The van der Waals surface area contributed by atoms with Crippen molar-refractivity contribution in [2.24, 2.45) is 5.10 Å². The molecule has 0 fully saturated rings. The number of nitrogens with one attached hydrogen (secondary N) is 1. The summed E-state index contributed by atoms with van der Waals surface area (Å²) in [5.41, 5.74) is 5.09. The number of nitriles is 1. The van der Waals surface area contributed by atoms with E-state index in [1.807, 2.05) is 37.3 Å². The van der Waals surface area contributed by atoms with Gasteiger partial charge in [-0.3, -0.25) is 0 Å². The Bertz CT molecular complexity index is 333.